The van der Waals surface area contributed by atoms with Crippen LogP contribution in [0.2, 0.25) is 0 Å². The molecule has 1 aromatic rings. The lowest BCUT2D eigenvalue weighted by molar-refractivity contribution is -0.152. The third-order valence-electron chi connectivity index (χ3n) is 5.48. The lowest BCUT2D eigenvalue weighted by Gasteiger charge is -2.32. The maximum absolute atomic E-state index is 12.6. The van der Waals surface area contributed by atoms with Gasteiger partial charge in [-0.2, -0.15) is 0 Å². The molecule has 31 heavy (non-hydrogen) atoms. The summed E-state index contributed by atoms with van der Waals surface area (Å²) in [5, 5.41) is 0. The minimum Gasteiger partial charge on any atom is -0.464 e. The summed E-state index contributed by atoms with van der Waals surface area (Å²) in [7, 11) is 0. The molecule has 2 heterocycles. The molecule has 0 atom stereocenters. The number of likely N-dealkylation sites (tertiary alicyclic amines) is 1. The predicted molar refractivity (Wildman–Crippen MR) is 114 cm³/mol. The van der Waals surface area contributed by atoms with Gasteiger partial charge >= 0.3 is 5.97 Å². The van der Waals surface area contributed by atoms with Crippen LogP contribution in [-0.4, -0.2) is 72.4 Å². The molecule has 9 nitrogen and oxygen atoms in total. The molecule has 2 aliphatic rings. The highest BCUT2D eigenvalue weighted by Crippen LogP contribution is 2.24. The molecule has 0 saturated carbocycles. The van der Waals surface area contributed by atoms with Crippen molar-refractivity contribution >= 4 is 36.5 Å². The topological polar surface area (TPSA) is 105 Å². The summed E-state index contributed by atoms with van der Waals surface area (Å²) in [6, 6.07) is 4.91. The molecule has 0 unspecified atom stereocenters. The SMILES string of the molecule is CCOC(=O)COC1CCN(C(=O)CCN2Cc3cc(C(=O)NS)ccc3C2=O)CC1. The Morgan fingerprint density at radius 3 is 2.65 bits per heavy atom. The van der Waals surface area contributed by atoms with Crippen LogP contribution in [0.1, 0.15) is 52.5 Å². The molecule has 1 N–H and O–H groups in total. The van der Waals surface area contributed by atoms with E-state index in [1.807, 2.05) is 0 Å². The molecule has 3 amide bonds. The fourth-order valence-electron chi connectivity index (χ4n) is 3.82. The number of thiol groups is 1. The quantitative estimate of drug-likeness (QED) is 0.456. The highest BCUT2D eigenvalue weighted by atomic mass is 32.1. The Morgan fingerprint density at radius 2 is 1.97 bits per heavy atom. The molecule has 1 fully saturated rings. The number of hydrogen-bond donors (Lipinski definition) is 2. The minimum atomic E-state index is -0.379. The van der Waals surface area contributed by atoms with E-state index in [1.165, 1.54) is 0 Å². The Labute approximate surface area is 186 Å². The summed E-state index contributed by atoms with van der Waals surface area (Å²) >= 11 is 3.76. The van der Waals surface area contributed by atoms with E-state index in [1.54, 1.807) is 34.9 Å². The Morgan fingerprint density at radius 1 is 1.23 bits per heavy atom. The van der Waals surface area contributed by atoms with E-state index in [0.29, 0.717) is 56.8 Å². The monoisotopic (exact) mass is 449 g/mol. The van der Waals surface area contributed by atoms with Gasteiger partial charge in [-0.25, -0.2) is 4.79 Å². The predicted octanol–water partition coefficient (Wildman–Crippen LogP) is 1.18. The van der Waals surface area contributed by atoms with E-state index in [9.17, 15) is 19.2 Å². The smallest absolute Gasteiger partial charge is 0.332 e. The van der Waals surface area contributed by atoms with Crippen molar-refractivity contribution in [3.8, 4) is 0 Å². The summed E-state index contributed by atoms with van der Waals surface area (Å²) in [5.41, 5.74) is 1.77. The average Bonchev–Trinajstić information content (AvgIpc) is 3.10. The van der Waals surface area contributed by atoms with Crippen molar-refractivity contribution in [3.05, 3.63) is 34.9 Å². The molecule has 1 saturated heterocycles. The van der Waals surface area contributed by atoms with E-state index in [0.717, 1.165) is 5.56 Å². The van der Waals surface area contributed by atoms with Crippen molar-refractivity contribution in [1.82, 2.24) is 14.5 Å². The van der Waals surface area contributed by atoms with Gasteiger partial charge in [0.15, 0.2) is 0 Å². The van der Waals surface area contributed by atoms with Crippen molar-refractivity contribution in [2.24, 2.45) is 0 Å². The van der Waals surface area contributed by atoms with Gasteiger partial charge in [0.1, 0.15) is 6.61 Å². The standard InChI is InChI=1S/C21H27N3O6S/c1-2-29-19(26)13-30-16-5-8-23(9-6-16)18(25)7-10-24-12-15-11-14(20(27)22-31)3-4-17(15)21(24)28/h3-4,11,16,31H,2,5-10,12-13H2,1H3,(H,22,27). The van der Waals surface area contributed by atoms with Crippen molar-refractivity contribution in [2.45, 2.75) is 38.8 Å². The number of ether oxygens (including phenoxy) is 2. The zero-order valence-electron chi connectivity index (χ0n) is 17.5. The molecule has 0 aromatic heterocycles. The highest BCUT2D eigenvalue weighted by Gasteiger charge is 2.29. The van der Waals surface area contributed by atoms with Gasteiger partial charge < -0.3 is 19.3 Å². The van der Waals surface area contributed by atoms with Crippen LogP contribution in [0, 0.1) is 0 Å². The van der Waals surface area contributed by atoms with Crippen LogP contribution in [-0.2, 0) is 25.6 Å². The molecule has 0 spiro atoms. The Hall–Kier alpha value is -2.59. The van der Waals surface area contributed by atoms with Crippen LogP contribution in [0.15, 0.2) is 18.2 Å². The first-order chi connectivity index (χ1) is 14.9. The number of rotatable bonds is 8. The van der Waals surface area contributed by atoms with Gasteiger partial charge in [0, 0.05) is 43.7 Å². The maximum atomic E-state index is 12.6. The number of esters is 1. The minimum absolute atomic E-state index is 0.0114. The highest BCUT2D eigenvalue weighted by molar-refractivity contribution is 7.78. The third-order valence-corrected chi connectivity index (χ3v) is 5.68. The van der Waals surface area contributed by atoms with Gasteiger partial charge in [0.2, 0.25) is 5.91 Å². The van der Waals surface area contributed by atoms with E-state index in [2.05, 4.69) is 17.5 Å². The van der Waals surface area contributed by atoms with Crippen LogP contribution >= 0.6 is 12.8 Å². The molecule has 3 rings (SSSR count). The lowest BCUT2D eigenvalue weighted by Crippen LogP contribution is -2.42. The molecule has 2 aliphatic heterocycles. The number of hydrogen-bond acceptors (Lipinski definition) is 7. The molecule has 0 bridgehead atoms. The van der Waals surface area contributed by atoms with Crippen LogP contribution in [0.25, 0.3) is 0 Å². The number of nitrogens with one attached hydrogen (secondary N) is 1. The molecular weight excluding hydrogens is 422 g/mol. The van der Waals surface area contributed by atoms with Crippen molar-refractivity contribution in [2.75, 3.05) is 32.8 Å². The number of benzene rings is 1. The molecular formula is C21H27N3O6S. The van der Waals surface area contributed by atoms with E-state index in [4.69, 9.17) is 9.47 Å². The molecule has 10 heteroatoms. The van der Waals surface area contributed by atoms with Crippen molar-refractivity contribution in [3.63, 3.8) is 0 Å². The summed E-state index contributed by atoms with van der Waals surface area (Å²) in [6.45, 7) is 3.81. The number of carbonyl (C=O) groups is 4. The van der Waals surface area contributed by atoms with Gasteiger partial charge in [-0.1, -0.05) is 12.8 Å². The summed E-state index contributed by atoms with van der Waals surface area (Å²) in [6.07, 6.45) is 1.49. The Kier molecular flexibility index (Phi) is 7.91. The van der Waals surface area contributed by atoms with E-state index < -0.39 is 0 Å². The van der Waals surface area contributed by atoms with Gasteiger partial charge in [-0.15, -0.1) is 0 Å². The molecule has 0 radical (unpaired) electrons. The first kappa shape index (κ1) is 23.1. The zero-order valence-corrected chi connectivity index (χ0v) is 18.4. The van der Waals surface area contributed by atoms with Crippen molar-refractivity contribution < 1.29 is 28.7 Å². The summed E-state index contributed by atoms with van der Waals surface area (Å²) in [4.78, 5) is 51.7. The fraction of sp³-hybridized carbons (Fsp3) is 0.524. The average molecular weight is 450 g/mol. The number of piperidine rings is 1. The van der Waals surface area contributed by atoms with Crippen LogP contribution in [0.4, 0.5) is 0 Å². The van der Waals surface area contributed by atoms with Crippen LogP contribution < -0.4 is 4.72 Å². The zero-order chi connectivity index (χ0) is 22.4. The fourth-order valence-corrected chi connectivity index (χ4v) is 3.95. The van der Waals surface area contributed by atoms with Gasteiger partial charge in [0.25, 0.3) is 11.8 Å². The molecule has 1 aromatic carbocycles. The van der Waals surface area contributed by atoms with Crippen LogP contribution in [0.5, 0.6) is 0 Å². The second-order valence-corrected chi connectivity index (χ2v) is 7.71. The molecule has 168 valence electrons. The summed E-state index contributed by atoms with van der Waals surface area (Å²) in [5.74, 6) is -0.855. The number of carbonyl (C=O) groups excluding carboxylic acids is 4. The summed E-state index contributed by atoms with van der Waals surface area (Å²) < 4.78 is 12.7. The lowest BCUT2D eigenvalue weighted by atomic mass is 10.1. The number of nitrogens with zero attached hydrogens (tertiary/aromatic N) is 2. The second kappa shape index (κ2) is 10.6. The van der Waals surface area contributed by atoms with Crippen molar-refractivity contribution in [1.29, 1.82) is 0 Å². The second-order valence-electron chi connectivity index (χ2n) is 7.49. The first-order valence-corrected chi connectivity index (χ1v) is 10.8. The van der Waals surface area contributed by atoms with Crippen LogP contribution in [0.3, 0.4) is 0 Å². The number of fused-ring (bicyclic) bond motifs is 1. The Bertz CT molecular complexity index is 854. The number of amides is 3. The largest absolute Gasteiger partial charge is 0.464 e. The Balaban J connectivity index is 1.43. The normalized spacial score (nSPS) is 16.3. The van der Waals surface area contributed by atoms with Gasteiger partial charge in [-0.3, -0.25) is 19.1 Å². The van der Waals surface area contributed by atoms with Gasteiger partial charge in [0.05, 0.1) is 12.7 Å². The van der Waals surface area contributed by atoms with E-state index >= 15 is 0 Å². The van der Waals surface area contributed by atoms with Gasteiger partial charge in [-0.05, 0) is 43.5 Å². The maximum Gasteiger partial charge on any atom is 0.332 e. The first-order valence-electron chi connectivity index (χ1n) is 10.3. The molecule has 0 aliphatic carbocycles. The third kappa shape index (κ3) is 5.76. The van der Waals surface area contributed by atoms with E-state index in [-0.39, 0.29) is 42.8 Å².